The van der Waals surface area contributed by atoms with E-state index in [2.05, 4.69) is 4.90 Å². The van der Waals surface area contributed by atoms with Gasteiger partial charge in [-0.25, -0.2) is 4.99 Å². The fraction of sp³-hybridized carbons (Fsp3) is 0.913. The van der Waals surface area contributed by atoms with E-state index in [1.165, 1.54) is 83.7 Å². The summed E-state index contributed by atoms with van der Waals surface area (Å²) in [5, 5.41) is 0. The van der Waals surface area contributed by atoms with Crippen LogP contribution in [0.1, 0.15) is 89.9 Å². The lowest BCUT2D eigenvalue weighted by Crippen LogP contribution is -2.45. The van der Waals surface area contributed by atoms with Crippen LogP contribution in [0.3, 0.4) is 0 Å². The van der Waals surface area contributed by atoms with Crippen LogP contribution in [0.4, 0.5) is 0 Å². The number of aliphatic imine (C=N–C) groups is 1. The van der Waals surface area contributed by atoms with Gasteiger partial charge in [-0.15, -0.1) is 0 Å². The maximum atomic E-state index is 13.2. The summed E-state index contributed by atoms with van der Waals surface area (Å²) >= 11 is 0. The Kier molecular flexibility index (Phi) is 6.29. The van der Waals surface area contributed by atoms with Crippen LogP contribution in [0.2, 0.25) is 0 Å². The number of likely N-dealkylation sites (N-methyl/N-ethyl adjacent to an activating group) is 1. The molecule has 2 aliphatic heterocycles. The third kappa shape index (κ3) is 4.24. The van der Waals surface area contributed by atoms with E-state index in [1.807, 2.05) is 0 Å². The molecule has 1 saturated heterocycles. The van der Waals surface area contributed by atoms with Crippen LogP contribution in [0.15, 0.2) is 4.99 Å². The zero-order valence-corrected chi connectivity index (χ0v) is 17.9. The molecule has 2 N–H and O–H groups in total. The lowest BCUT2D eigenvalue weighted by atomic mass is 9.74. The van der Waals surface area contributed by atoms with E-state index in [9.17, 15) is 4.79 Å². The third-order valence-electron chi connectivity index (χ3n) is 8.10. The first-order valence-corrected chi connectivity index (χ1v) is 11.9. The number of hydrogen-bond donors (Lipinski definition) is 1. The molecule has 0 spiro atoms. The van der Waals surface area contributed by atoms with Crippen molar-refractivity contribution < 1.29 is 4.79 Å². The Morgan fingerprint density at radius 2 is 1.71 bits per heavy atom. The highest BCUT2D eigenvalue weighted by Crippen LogP contribution is 2.41. The Labute approximate surface area is 171 Å². The quantitative estimate of drug-likeness (QED) is 0.750. The second kappa shape index (κ2) is 8.73. The molecule has 3 fully saturated rings. The number of likely N-dealkylation sites (tertiary alicyclic amines) is 1. The molecule has 3 atom stereocenters. The van der Waals surface area contributed by atoms with Crippen LogP contribution in [0.25, 0.3) is 0 Å². The summed E-state index contributed by atoms with van der Waals surface area (Å²) in [4.78, 5) is 22.4. The highest BCUT2D eigenvalue weighted by Gasteiger charge is 2.48. The van der Waals surface area contributed by atoms with Gasteiger partial charge in [0, 0.05) is 13.1 Å². The van der Waals surface area contributed by atoms with Crippen molar-refractivity contribution in [1.29, 1.82) is 0 Å². The standard InChI is InChI=1S/C23H40N4O/c1-26-21(28)23(25-22(26)24,13-12-18-8-3-2-4-9-18)17-19-10-7-11-20(16-19)27-14-5-6-15-27/h18-20H,2-17H2,1H3,(H2,24,25)/t19?,20-,23+/m0/s1. The largest absolute Gasteiger partial charge is 0.369 e. The van der Waals surface area contributed by atoms with Crippen molar-refractivity contribution in [3.63, 3.8) is 0 Å². The lowest BCUT2D eigenvalue weighted by molar-refractivity contribution is -0.131. The summed E-state index contributed by atoms with van der Waals surface area (Å²) in [5.41, 5.74) is 5.56. The minimum Gasteiger partial charge on any atom is -0.369 e. The highest BCUT2D eigenvalue weighted by atomic mass is 16.2. The molecule has 1 amide bonds. The molecule has 5 heteroatoms. The molecule has 4 aliphatic rings. The molecule has 4 rings (SSSR count). The van der Waals surface area contributed by atoms with E-state index in [0.29, 0.717) is 11.9 Å². The van der Waals surface area contributed by atoms with Gasteiger partial charge in [-0.05, 0) is 69.9 Å². The second-order valence-corrected chi connectivity index (χ2v) is 10.0. The Balaban J connectivity index is 1.43. The zero-order valence-electron chi connectivity index (χ0n) is 17.9. The molecule has 0 bridgehead atoms. The van der Waals surface area contributed by atoms with E-state index >= 15 is 0 Å². The lowest BCUT2D eigenvalue weighted by Gasteiger charge is -2.38. The molecule has 28 heavy (non-hydrogen) atoms. The number of carbonyl (C=O) groups excluding carboxylic acids is 1. The van der Waals surface area contributed by atoms with Gasteiger partial charge in [0.05, 0.1) is 0 Å². The van der Waals surface area contributed by atoms with Gasteiger partial charge in [0.15, 0.2) is 5.96 Å². The van der Waals surface area contributed by atoms with Crippen LogP contribution in [-0.4, -0.2) is 53.4 Å². The summed E-state index contributed by atoms with van der Waals surface area (Å²) in [5.74, 6) is 1.98. The van der Waals surface area contributed by atoms with Gasteiger partial charge in [0.1, 0.15) is 5.54 Å². The van der Waals surface area contributed by atoms with Crippen LogP contribution in [-0.2, 0) is 4.79 Å². The van der Waals surface area contributed by atoms with Crippen molar-refractivity contribution >= 4 is 11.9 Å². The van der Waals surface area contributed by atoms with E-state index in [-0.39, 0.29) is 5.91 Å². The van der Waals surface area contributed by atoms with E-state index < -0.39 is 5.54 Å². The first kappa shape index (κ1) is 20.2. The number of nitrogens with zero attached hydrogens (tertiary/aromatic N) is 3. The van der Waals surface area contributed by atoms with Gasteiger partial charge in [0.2, 0.25) is 0 Å². The fourth-order valence-corrected chi connectivity index (χ4v) is 6.44. The SMILES string of the molecule is CN1C(=O)[C@@](CCC2CCCCC2)(CC2CCC[C@H](N3CCCC3)C2)N=C1N. The third-order valence-corrected chi connectivity index (χ3v) is 8.10. The summed E-state index contributed by atoms with van der Waals surface area (Å²) in [6.45, 7) is 2.55. The molecule has 0 aromatic carbocycles. The van der Waals surface area contributed by atoms with Crippen LogP contribution in [0.5, 0.6) is 0 Å². The molecular weight excluding hydrogens is 348 g/mol. The summed E-state index contributed by atoms with van der Waals surface area (Å²) in [7, 11) is 1.80. The molecule has 158 valence electrons. The topological polar surface area (TPSA) is 61.9 Å². The molecule has 5 nitrogen and oxygen atoms in total. The van der Waals surface area contributed by atoms with Gasteiger partial charge in [-0.2, -0.15) is 0 Å². The predicted octanol–water partition coefficient (Wildman–Crippen LogP) is 3.92. The van der Waals surface area contributed by atoms with Crippen molar-refractivity contribution in [2.75, 3.05) is 20.1 Å². The van der Waals surface area contributed by atoms with Crippen LogP contribution >= 0.6 is 0 Å². The summed E-state index contributed by atoms with van der Waals surface area (Å²) in [6, 6.07) is 0.729. The molecule has 2 saturated carbocycles. The first-order chi connectivity index (χ1) is 13.6. The number of rotatable bonds is 6. The summed E-state index contributed by atoms with van der Waals surface area (Å²) < 4.78 is 0. The zero-order chi connectivity index (χ0) is 19.6. The number of amides is 1. The van der Waals surface area contributed by atoms with Crippen molar-refractivity contribution in [2.24, 2.45) is 22.6 Å². The average Bonchev–Trinajstić information content (AvgIpc) is 3.32. The molecule has 1 unspecified atom stereocenters. The number of hydrogen-bond acceptors (Lipinski definition) is 4. The van der Waals surface area contributed by atoms with Gasteiger partial charge in [0.25, 0.3) is 5.91 Å². The van der Waals surface area contributed by atoms with Crippen molar-refractivity contribution in [3.8, 4) is 0 Å². The number of nitrogens with two attached hydrogens (primary N) is 1. The Morgan fingerprint density at radius 3 is 2.39 bits per heavy atom. The first-order valence-electron chi connectivity index (χ1n) is 11.9. The van der Waals surface area contributed by atoms with E-state index in [1.54, 1.807) is 11.9 Å². The molecule has 0 radical (unpaired) electrons. The smallest absolute Gasteiger partial charge is 0.257 e. The monoisotopic (exact) mass is 388 g/mol. The van der Waals surface area contributed by atoms with Gasteiger partial charge >= 0.3 is 0 Å². The minimum absolute atomic E-state index is 0.157. The second-order valence-electron chi connectivity index (χ2n) is 10.0. The van der Waals surface area contributed by atoms with Crippen LogP contribution < -0.4 is 5.73 Å². The number of guanidine groups is 1. The maximum Gasteiger partial charge on any atom is 0.257 e. The van der Waals surface area contributed by atoms with Crippen molar-refractivity contribution in [1.82, 2.24) is 9.80 Å². The molecule has 2 heterocycles. The molecule has 0 aromatic heterocycles. The molecule has 2 aliphatic carbocycles. The van der Waals surface area contributed by atoms with Gasteiger partial charge < -0.3 is 10.6 Å². The Morgan fingerprint density at radius 1 is 1.00 bits per heavy atom. The van der Waals surface area contributed by atoms with Gasteiger partial charge in [-0.3, -0.25) is 9.69 Å². The van der Waals surface area contributed by atoms with Gasteiger partial charge in [-0.1, -0.05) is 44.9 Å². The Hall–Kier alpha value is -1.10. The average molecular weight is 389 g/mol. The fourth-order valence-electron chi connectivity index (χ4n) is 6.44. The van der Waals surface area contributed by atoms with Crippen molar-refractivity contribution in [2.45, 2.75) is 101 Å². The molecular formula is C23H40N4O. The minimum atomic E-state index is -0.576. The normalized spacial score (nSPS) is 35.5. The van der Waals surface area contributed by atoms with Crippen molar-refractivity contribution in [3.05, 3.63) is 0 Å². The maximum absolute atomic E-state index is 13.2. The molecule has 0 aromatic rings. The predicted molar refractivity (Wildman–Crippen MR) is 114 cm³/mol. The van der Waals surface area contributed by atoms with E-state index in [0.717, 1.165) is 31.2 Å². The highest BCUT2D eigenvalue weighted by molar-refractivity contribution is 6.06. The van der Waals surface area contributed by atoms with E-state index in [4.69, 9.17) is 10.7 Å². The van der Waals surface area contributed by atoms with Crippen LogP contribution in [0, 0.1) is 11.8 Å². The number of carbonyl (C=O) groups is 1. The Bertz CT molecular complexity index is 579. The summed E-state index contributed by atoms with van der Waals surface area (Å²) in [6.07, 6.45) is 17.6.